The number of thiophene rings is 1. The third-order valence-corrected chi connectivity index (χ3v) is 3.58. The molecule has 0 bridgehead atoms. The van der Waals surface area contributed by atoms with Gasteiger partial charge in [-0.2, -0.15) is 0 Å². The summed E-state index contributed by atoms with van der Waals surface area (Å²) in [6.45, 7) is 7.23. The first kappa shape index (κ1) is 20.7. The summed E-state index contributed by atoms with van der Waals surface area (Å²) in [5.74, 6) is -0.211. The maximum absolute atomic E-state index is 11.9. The highest BCUT2D eigenvalue weighted by molar-refractivity contribution is 7.13. The van der Waals surface area contributed by atoms with Crippen LogP contribution in [0.15, 0.2) is 5.38 Å². The van der Waals surface area contributed by atoms with Crippen molar-refractivity contribution in [3.05, 3.63) is 10.3 Å². The van der Waals surface area contributed by atoms with E-state index in [1.807, 2.05) is 0 Å². The van der Waals surface area contributed by atoms with Gasteiger partial charge in [-0.1, -0.05) is 0 Å². The zero-order chi connectivity index (χ0) is 19.0. The number of rotatable bonds is 8. The molecule has 0 unspecified atom stereocenters. The fourth-order valence-corrected chi connectivity index (χ4v) is 2.69. The van der Waals surface area contributed by atoms with Gasteiger partial charge in [-0.05, 0) is 27.7 Å². The minimum atomic E-state index is -0.693. The maximum atomic E-state index is 11.9. The molecule has 0 aromatic carbocycles. The van der Waals surface area contributed by atoms with E-state index >= 15 is 0 Å². The zero-order valence-electron chi connectivity index (χ0n) is 14.9. The van der Waals surface area contributed by atoms with Crippen LogP contribution < -0.4 is 20.5 Å². The molecular formula is C15H23N3O6S. The standard InChI is InChI=1S/C15H23N3O6S/c1-6-23-10-7-25-12(13(20)22-5)11(10)18(9-19)8-16-17-14(21)24-15(2,3)4/h7,9,16H,6,8H2,1-5H3,(H,17,21). The van der Waals surface area contributed by atoms with E-state index < -0.39 is 17.7 Å². The van der Waals surface area contributed by atoms with E-state index in [2.05, 4.69) is 10.9 Å². The Morgan fingerprint density at radius 2 is 2.04 bits per heavy atom. The third-order valence-electron chi connectivity index (χ3n) is 2.66. The molecule has 0 saturated carbocycles. The molecule has 0 atom stereocenters. The summed E-state index contributed by atoms with van der Waals surface area (Å²) in [6.07, 6.45) is -0.178. The van der Waals surface area contributed by atoms with Crippen molar-refractivity contribution in [3.8, 4) is 5.75 Å². The predicted molar refractivity (Wildman–Crippen MR) is 92.7 cm³/mol. The Kier molecular flexibility index (Phi) is 7.65. The summed E-state index contributed by atoms with van der Waals surface area (Å²) in [5.41, 5.74) is 4.50. The molecule has 1 heterocycles. The van der Waals surface area contributed by atoms with Gasteiger partial charge in [0.25, 0.3) is 0 Å². The first-order valence-electron chi connectivity index (χ1n) is 7.49. The summed E-state index contributed by atoms with van der Waals surface area (Å²) in [6, 6.07) is 0. The Hall–Kier alpha value is -2.33. The molecule has 0 aliphatic carbocycles. The summed E-state index contributed by atoms with van der Waals surface area (Å²) in [7, 11) is 1.25. The minimum Gasteiger partial charge on any atom is -0.491 e. The fourth-order valence-electron chi connectivity index (χ4n) is 1.77. The average molecular weight is 373 g/mol. The highest BCUT2D eigenvalue weighted by Crippen LogP contribution is 2.37. The van der Waals surface area contributed by atoms with Crippen LogP contribution in [0, 0.1) is 0 Å². The van der Waals surface area contributed by atoms with Gasteiger partial charge in [0, 0.05) is 5.38 Å². The number of nitrogens with zero attached hydrogens (tertiary/aromatic N) is 1. The summed E-state index contributed by atoms with van der Waals surface area (Å²) < 4.78 is 15.2. The SMILES string of the molecule is CCOc1csc(C(=O)OC)c1N(C=O)CNNC(=O)OC(C)(C)C. The number of carbonyl (C=O) groups is 3. The zero-order valence-corrected chi connectivity index (χ0v) is 15.7. The molecule has 2 N–H and O–H groups in total. The molecular weight excluding hydrogens is 350 g/mol. The molecule has 0 aliphatic heterocycles. The average Bonchev–Trinajstić information content (AvgIpc) is 2.93. The highest BCUT2D eigenvalue weighted by atomic mass is 32.1. The van der Waals surface area contributed by atoms with Crippen LogP contribution in [0.25, 0.3) is 0 Å². The molecule has 0 aliphatic rings. The third kappa shape index (κ3) is 6.24. The molecule has 0 spiro atoms. The maximum Gasteiger partial charge on any atom is 0.422 e. The molecule has 140 valence electrons. The predicted octanol–water partition coefficient (Wildman–Crippen LogP) is 1.88. The summed E-state index contributed by atoms with van der Waals surface area (Å²) >= 11 is 1.10. The number of hydrogen-bond acceptors (Lipinski definition) is 8. The number of methoxy groups -OCH3 is 1. The van der Waals surface area contributed by atoms with Crippen molar-refractivity contribution >= 4 is 35.5 Å². The Balaban J connectivity index is 2.85. The Labute approximate surface area is 150 Å². The fraction of sp³-hybridized carbons (Fsp3) is 0.533. The number of anilines is 1. The number of hydrogen-bond donors (Lipinski definition) is 2. The summed E-state index contributed by atoms with van der Waals surface area (Å²) in [4.78, 5) is 36.4. The summed E-state index contributed by atoms with van der Waals surface area (Å²) in [5, 5.41) is 1.61. The van der Waals surface area contributed by atoms with Gasteiger partial charge in [-0.15, -0.1) is 11.3 Å². The van der Waals surface area contributed by atoms with Gasteiger partial charge in [-0.3, -0.25) is 15.1 Å². The van der Waals surface area contributed by atoms with Gasteiger partial charge >= 0.3 is 12.1 Å². The topological polar surface area (TPSA) is 106 Å². The quantitative estimate of drug-likeness (QED) is 0.310. The second kappa shape index (κ2) is 9.23. The molecule has 1 aromatic rings. The Morgan fingerprint density at radius 1 is 1.36 bits per heavy atom. The molecule has 1 aromatic heterocycles. The number of hydrazine groups is 1. The molecule has 0 radical (unpaired) electrons. The molecule has 2 amide bonds. The van der Waals surface area contributed by atoms with Crippen molar-refractivity contribution < 1.29 is 28.6 Å². The van der Waals surface area contributed by atoms with Crippen LogP contribution in [0.2, 0.25) is 0 Å². The van der Waals surface area contributed by atoms with E-state index in [-0.39, 0.29) is 17.2 Å². The van der Waals surface area contributed by atoms with E-state index in [1.165, 1.54) is 12.0 Å². The lowest BCUT2D eigenvalue weighted by molar-refractivity contribution is -0.107. The van der Waals surface area contributed by atoms with Crippen LogP contribution in [0.1, 0.15) is 37.4 Å². The number of ether oxygens (including phenoxy) is 3. The normalized spacial score (nSPS) is 10.8. The highest BCUT2D eigenvalue weighted by Gasteiger charge is 2.25. The number of amides is 2. The van der Waals surface area contributed by atoms with Crippen molar-refractivity contribution in [1.29, 1.82) is 0 Å². The van der Waals surface area contributed by atoms with E-state index in [1.54, 1.807) is 33.1 Å². The van der Waals surface area contributed by atoms with E-state index in [9.17, 15) is 14.4 Å². The van der Waals surface area contributed by atoms with Crippen LogP contribution >= 0.6 is 11.3 Å². The smallest absolute Gasteiger partial charge is 0.422 e. The lowest BCUT2D eigenvalue weighted by atomic mass is 10.2. The van der Waals surface area contributed by atoms with Crippen molar-refractivity contribution in [1.82, 2.24) is 10.9 Å². The van der Waals surface area contributed by atoms with Gasteiger partial charge in [0.05, 0.1) is 20.4 Å². The lowest BCUT2D eigenvalue weighted by Gasteiger charge is -2.22. The molecule has 10 heteroatoms. The van der Waals surface area contributed by atoms with Gasteiger partial charge in [-0.25, -0.2) is 15.0 Å². The number of carbonyl (C=O) groups excluding carboxylic acids is 3. The number of nitrogens with one attached hydrogen (secondary N) is 2. The minimum absolute atomic E-state index is 0.108. The Morgan fingerprint density at radius 3 is 2.56 bits per heavy atom. The van der Waals surface area contributed by atoms with E-state index in [0.29, 0.717) is 18.8 Å². The number of esters is 1. The molecule has 0 saturated heterocycles. The first-order valence-corrected chi connectivity index (χ1v) is 8.37. The van der Waals surface area contributed by atoms with E-state index in [0.717, 1.165) is 11.3 Å². The van der Waals surface area contributed by atoms with Gasteiger partial charge in [0.2, 0.25) is 6.41 Å². The lowest BCUT2D eigenvalue weighted by Crippen LogP contribution is -2.46. The van der Waals surface area contributed by atoms with Crippen molar-refractivity contribution in [2.75, 3.05) is 25.3 Å². The van der Waals surface area contributed by atoms with Crippen molar-refractivity contribution in [2.24, 2.45) is 0 Å². The van der Waals surface area contributed by atoms with Crippen LogP contribution in [-0.4, -0.2) is 44.5 Å². The molecule has 25 heavy (non-hydrogen) atoms. The Bertz CT molecular complexity index is 611. The second-order valence-corrected chi connectivity index (χ2v) is 6.62. The van der Waals surface area contributed by atoms with E-state index in [4.69, 9.17) is 14.2 Å². The molecule has 9 nitrogen and oxygen atoms in total. The van der Waals surface area contributed by atoms with Gasteiger partial charge in [0.15, 0.2) is 5.75 Å². The first-order chi connectivity index (χ1) is 11.7. The van der Waals surface area contributed by atoms with Crippen LogP contribution in [-0.2, 0) is 14.3 Å². The van der Waals surface area contributed by atoms with Gasteiger partial charge < -0.3 is 14.2 Å². The monoisotopic (exact) mass is 373 g/mol. The second-order valence-electron chi connectivity index (χ2n) is 5.74. The largest absolute Gasteiger partial charge is 0.491 e. The van der Waals surface area contributed by atoms with Gasteiger partial charge in [0.1, 0.15) is 16.2 Å². The van der Waals surface area contributed by atoms with Crippen LogP contribution in [0.3, 0.4) is 0 Å². The van der Waals surface area contributed by atoms with Crippen molar-refractivity contribution in [3.63, 3.8) is 0 Å². The van der Waals surface area contributed by atoms with Crippen LogP contribution in [0.4, 0.5) is 10.5 Å². The molecule has 1 rings (SSSR count). The molecule has 0 fully saturated rings. The van der Waals surface area contributed by atoms with Crippen LogP contribution in [0.5, 0.6) is 5.75 Å². The van der Waals surface area contributed by atoms with Crippen molar-refractivity contribution in [2.45, 2.75) is 33.3 Å².